The predicted octanol–water partition coefficient (Wildman–Crippen LogP) is -0.0181. The number of isothiocyanates is 1. The lowest BCUT2D eigenvalue weighted by atomic mass is 10.3. The number of hydrogen-bond acceptors (Lipinski definition) is 6. The number of thiol groups is 1. The van der Waals surface area contributed by atoms with E-state index >= 15 is 0 Å². The van der Waals surface area contributed by atoms with Gasteiger partial charge in [-0.1, -0.05) is 0 Å². The van der Waals surface area contributed by atoms with Gasteiger partial charge in [-0.25, -0.2) is 4.79 Å². The second kappa shape index (κ2) is 6.59. The van der Waals surface area contributed by atoms with E-state index in [2.05, 4.69) is 40.2 Å². The van der Waals surface area contributed by atoms with E-state index in [-0.39, 0.29) is 11.7 Å². The van der Waals surface area contributed by atoms with Crippen LogP contribution in [0, 0.1) is 0 Å². The normalized spacial score (nSPS) is 10.9. The topological polar surface area (TPSA) is 67.8 Å². The van der Waals surface area contributed by atoms with Crippen molar-refractivity contribution >= 4 is 41.9 Å². The molecule has 5 nitrogen and oxygen atoms in total. The molecule has 13 heavy (non-hydrogen) atoms. The number of nitrogens with zero attached hydrogens (tertiary/aromatic N) is 1. The number of hydrogen-bond donors (Lipinski definition) is 2. The molecule has 0 saturated carbocycles. The third-order valence-corrected chi connectivity index (χ3v) is 1.46. The molecular formula is C6H8N2O3S2. The SMILES string of the molecule is CC(=O)N[C@@H](CS)C(=O)ON=C=S. The van der Waals surface area contributed by atoms with E-state index in [0.29, 0.717) is 0 Å². The van der Waals surface area contributed by atoms with Crippen LogP contribution in [-0.2, 0) is 14.4 Å². The highest BCUT2D eigenvalue weighted by Crippen LogP contribution is 1.92. The minimum Gasteiger partial charge on any atom is -0.342 e. The Morgan fingerprint density at radius 2 is 2.38 bits per heavy atom. The molecule has 1 N–H and O–H groups in total. The van der Waals surface area contributed by atoms with Crippen molar-refractivity contribution in [2.75, 3.05) is 5.75 Å². The number of thiocarbonyl (C=S) groups is 1. The number of rotatable bonds is 4. The summed E-state index contributed by atoms with van der Waals surface area (Å²) in [6.07, 6.45) is 0. The smallest absolute Gasteiger partial charge is 0.342 e. The highest BCUT2D eigenvalue weighted by atomic mass is 32.1. The van der Waals surface area contributed by atoms with E-state index in [1.165, 1.54) is 6.92 Å². The first-order valence-corrected chi connectivity index (χ1v) is 4.32. The summed E-state index contributed by atoms with van der Waals surface area (Å²) < 4.78 is 0. The van der Waals surface area contributed by atoms with Crippen molar-refractivity contribution in [3.8, 4) is 0 Å². The zero-order valence-electron chi connectivity index (χ0n) is 6.81. The molecule has 0 spiro atoms. The van der Waals surface area contributed by atoms with Crippen molar-refractivity contribution in [2.45, 2.75) is 13.0 Å². The molecule has 0 heterocycles. The molecule has 0 aromatic rings. The average molecular weight is 220 g/mol. The number of amides is 1. The van der Waals surface area contributed by atoms with Gasteiger partial charge >= 0.3 is 5.97 Å². The van der Waals surface area contributed by atoms with E-state index in [0.717, 1.165) is 0 Å². The van der Waals surface area contributed by atoms with Gasteiger partial charge in [0, 0.05) is 12.7 Å². The monoisotopic (exact) mass is 220 g/mol. The van der Waals surface area contributed by atoms with Gasteiger partial charge < -0.3 is 10.2 Å². The number of carbonyl (C=O) groups is 2. The molecule has 0 aliphatic carbocycles. The molecule has 1 amide bonds. The minimum absolute atomic E-state index is 0.130. The van der Waals surface area contributed by atoms with Crippen molar-refractivity contribution in [3.05, 3.63) is 0 Å². The quantitative estimate of drug-likeness (QED) is 0.230. The van der Waals surface area contributed by atoms with Gasteiger partial charge in [-0.2, -0.15) is 12.6 Å². The highest BCUT2D eigenvalue weighted by molar-refractivity contribution is 7.80. The maximum absolute atomic E-state index is 11.0. The van der Waals surface area contributed by atoms with Crippen LogP contribution < -0.4 is 5.32 Å². The third-order valence-electron chi connectivity index (χ3n) is 1.02. The van der Waals surface area contributed by atoms with E-state index in [1.807, 2.05) is 5.16 Å². The minimum atomic E-state index is -0.812. The Labute approximate surface area is 85.9 Å². The summed E-state index contributed by atoms with van der Waals surface area (Å²) in [5.74, 6) is -0.935. The zero-order valence-corrected chi connectivity index (χ0v) is 8.52. The lowest BCUT2D eigenvalue weighted by Gasteiger charge is -2.10. The van der Waals surface area contributed by atoms with Crippen LogP contribution in [0.15, 0.2) is 5.16 Å². The molecule has 0 aromatic heterocycles. The molecule has 1 atom stereocenters. The van der Waals surface area contributed by atoms with Crippen LogP contribution in [0.2, 0.25) is 0 Å². The van der Waals surface area contributed by atoms with Gasteiger partial charge in [0.05, 0.1) is 0 Å². The van der Waals surface area contributed by atoms with Crippen LogP contribution in [0.1, 0.15) is 6.92 Å². The maximum Gasteiger partial charge on any atom is 0.358 e. The van der Waals surface area contributed by atoms with Crippen LogP contribution in [0.4, 0.5) is 0 Å². The van der Waals surface area contributed by atoms with Crippen LogP contribution in [0.5, 0.6) is 0 Å². The first-order chi connectivity index (χ1) is 6.11. The van der Waals surface area contributed by atoms with Gasteiger partial charge in [0.25, 0.3) is 0 Å². The summed E-state index contributed by atoms with van der Waals surface area (Å²) in [7, 11) is 0. The molecule has 72 valence electrons. The average Bonchev–Trinajstić information content (AvgIpc) is 2.09. The summed E-state index contributed by atoms with van der Waals surface area (Å²) >= 11 is 8.03. The fourth-order valence-corrected chi connectivity index (χ4v) is 0.829. The summed E-state index contributed by atoms with van der Waals surface area (Å²) in [5.41, 5.74) is 0. The van der Waals surface area contributed by atoms with E-state index in [4.69, 9.17) is 0 Å². The zero-order chi connectivity index (χ0) is 10.3. The second-order valence-electron chi connectivity index (χ2n) is 2.03. The molecule has 0 aromatic carbocycles. The largest absolute Gasteiger partial charge is 0.358 e. The molecule has 0 unspecified atom stereocenters. The van der Waals surface area contributed by atoms with Gasteiger partial charge in [0.1, 0.15) is 11.2 Å². The fourth-order valence-electron chi connectivity index (χ4n) is 0.552. The fraction of sp³-hybridized carbons (Fsp3) is 0.500. The summed E-state index contributed by atoms with van der Waals surface area (Å²) in [5, 5.41) is 7.16. The molecule has 0 bridgehead atoms. The Kier molecular flexibility index (Phi) is 6.13. The van der Waals surface area contributed by atoms with E-state index < -0.39 is 12.0 Å². The molecule has 0 radical (unpaired) electrons. The Morgan fingerprint density at radius 3 is 2.77 bits per heavy atom. The lowest BCUT2D eigenvalue weighted by molar-refractivity contribution is -0.146. The van der Waals surface area contributed by atoms with Crippen LogP contribution in [0.25, 0.3) is 0 Å². The molecular weight excluding hydrogens is 212 g/mol. The summed E-state index contributed by atoms with van der Waals surface area (Å²) in [4.78, 5) is 25.8. The number of carbonyl (C=O) groups excluding carboxylic acids is 2. The molecule has 0 rings (SSSR count). The molecule has 7 heteroatoms. The first kappa shape index (κ1) is 12.1. The van der Waals surface area contributed by atoms with Crippen LogP contribution in [-0.4, -0.2) is 28.8 Å². The molecule has 0 fully saturated rings. The Hall–Kier alpha value is -0.910. The van der Waals surface area contributed by atoms with Crippen LogP contribution in [0.3, 0.4) is 0 Å². The summed E-state index contributed by atoms with van der Waals surface area (Å²) in [6, 6.07) is -0.812. The third kappa shape index (κ3) is 5.35. The summed E-state index contributed by atoms with van der Waals surface area (Å²) in [6.45, 7) is 1.28. The van der Waals surface area contributed by atoms with Crippen molar-refractivity contribution in [1.29, 1.82) is 0 Å². The Morgan fingerprint density at radius 1 is 1.77 bits per heavy atom. The second-order valence-corrected chi connectivity index (χ2v) is 2.58. The van der Waals surface area contributed by atoms with Gasteiger partial charge in [-0.15, -0.1) is 0 Å². The maximum atomic E-state index is 11.0. The van der Waals surface area contributed by atoms with Gasteiger partial charge in [-0.05, 0) is 17.4 Å². The van der Waals surface area contributed by atoms with Gasteiger partial charge in [-0.3, -0.25) is 4.79 Å². The van der Waals surface area contributed by atoms with Crippen molar-refractivity contribution in [1.82, 2.24) is 5.32 Å². The number of nitrogens with one attached hydrogen (secondary N) is 1. The lowest BCUT2D eigenvalue weighted by Crippen LogP contribution is -2.41. The molecule has 0 aliphatic rings. The van der Waals surface area contributed by atoms with Gasteiger partial charge in [0.2, 0.25) is 5.91 Å². The predicted molar refractivity (Wildman–Crippen MR) is 52.6 cm³/mol. The van der Waals surface area contributed by atoms with Crippen molar-refractivity contribution in [3.63, 3.8) is 0 Å². The van der Waals surface area contributed by atoms with Crippen molar-refractivity contribution < 1.29 is 14.4 Å². The standard InChI is InChI=1S/C6H8N2O3S2/c1-4(9)8-5(2-12)6(10)11-7-3-13/h5,12H,2H2,1H3,(H,8,9)/t5-/m0/s1. The molecule has 0 aliphatic heterocycles. The Balaban J connectivity index is 4.14. The van der Waals surface area contributed by atoms with Crippen LogP contribution >= 0.6 is 24.8 Å². The highest BCUT2D eigenvalue weighted by Gasteiger charge is 2.19. The van der Waals surface area contributed by atoms with E-state index in [1.54, 1.807) is 0 Å². The molecule has 0 saturated heterocycles. The van der Waals surface area contributed by atoms with Crippen molar-refractivity contribution in [2.24, 2.45) is 5.16 Å². The van der Waals surface area contributed by atoms with E-state index in [9.17, 15) is 9.59 Å². The van der Waals surface area contributed by atoms with Gasteiger partial charge in [0.15, 0.2) is 0 Å². The Bertz CT molecular complexity index is 250. The first-order valence-electron chi connectivity index (χ1n) is 3.27.